The highest BCUT2D eigenvalue weighted by Gasteiger charge is 2.16. The van der Waals surface area contributed by atoms with Crippen LogP contribution < -0.4 is 16.0 Å². The SMILES string of the molecule is CCN(CC(=O)NCCCc1nn(-c2ccccc2)c(N)c1C#N)c1ccccc1. The van der Waals surface area contributed by atoms with Crippen molar-refractivity contribution in [3.05, 3.63) is 71.9 Å². The lowest BCUT2D eigenvalue weighted by Gasteiger charge is -2.22. The largest absolute Gasteiger partial charge is 0.382 e. The molecular weight excluding hydrogens is 376 g/mol. The highest BCUT2D eigenvalue weighted by molar-refractivity contribution is 5.81. The molecule has 0 aliphatic heterocycles. The van der Waals surface area contributed by atoms with Gasteiger partial charge in [-0.25, -0.2) is 4.68 Å². The number of nitrogens with zero attached hydrogens (tertiary/aromatic N) is 4. The van der Waals surface area contributed by atoms with Crippen LogP contribution in [0.2, 0.25) is 0 Å². The Kier molecular flexibility index (Phi) is 7.06. The maximum Gasteiger partial charge on any atom is 0.239 e. The molecule has 3 rings (SSSR count). The maximum absolute atomic E-state index is 12.3. The zero-order valence-electron chi connectivity index (χ0n) is 17.1. The topological polar surface area (TPSA) is 100.0 Å². The minimum absolute atomic E-state index is 0.0319. The zero-order chi connectivity index (χ0) is 21.3. The number of hydrogen-bond donors (Lipinski definition) is 2. The Morgan fingerprint density at radius 3 is 2.47 bits per heavy atom. The molecule has 0 saturated carbocycles. The number of nitrogens with two attached hydrogens (primary N) is 1. The molecule has 1 heterocycles. The summed E-state index contributed by atoms with van der Waals surface area (Å²) in [6, 6.07) is 21.5. The van der Waals surface area contributed by atoms with Crippen LogP contribution in [0, 0.1) is 11.3 Å². The molecule has 2 aromatic carbocycles. The van der Waals surface area contributed by atoms with Crippen LogP contribution in [0.25, 0.3) is 5.69 Å². The van der Waals surface area contributed by atoms with Crippen molar-refractivity contribution in [2.24, 2.45) is 0 Å². The Labute approximate surface area is 176 Å². The van der Waals surface area contributed by atoms with Crippen molar-refractivity contribution in [3.63, 3.8) is 0 Å². The molecule has 0 fully saturated rings. The van der Waals surface area contributed by atoms with Gasteiger partial charge in [-0.1, -0.05) is 36.4 Å². The van der Waals surface area contributed by atoms with Crippen LogP contribution in [-0.4, -0.2) is 35.3 Å². The van der Waals surface area contributed by atoms with Gasteiger partial charge < -0.3 is 16.0 Å². The van der Waals surface area contributed by atoms with E-state index < -0.39 is 0 Å². The van der Waals surface area contributed by atoms with E-state index in [0.717, 1.165) is 17.9 Å². The first-order valence-electron chi connectivity index (χ1n) is 10.0. The molecule has 0 spiro atoms. The van der Waals surface area contributed by atoms with Gasteiger partial charge in [0.15, 0.2) is 0 Å². The third kappa shape index (κ3) is 4.97. The van der Waals surface area contributed by atoms with Gasteiger partial charge in [0.2, 0.25) is 5.91 Å². The monoisotopic (exact) mass is 402 g/mol. The van der Waals surface area contributed by atoms with Crippen LogP contribution in [0.3, 0.4) is 0 Å². The lowest BCUT2D eigenvalue weighted by molar-refractivity contribution is -0.119. The van der Waals surface area contributed by atoms with E-state index in [1.165, 1.54) is 0 Å². The van der Waals surface area contributed by atoms with E-state index in [0.29, 0.717) is 43.0 Å². The molecule has 7 nitrogen and oxygen atoms in total. The van der Waals surface area contributed by atoms with Crippen molar-refractivity contribution in [2.45, 2.75) is 19.8 Å². The first-order valence-corrected chi connectivity index (χ1v) is 10.0. The number of anilines is 2. The lowest BCUT2D eigenvalue weighted by Crippen LogP contribution is -2.37. The number of benzene rings is 2. The van der Waals surface area contributed by atoms with Crippen LogP contribution in [0.5, 0.6) is 0 Å². The predicted octanol–water partition coefficient (Wildman–Crippen LogP) is 2.90. The number of nitriles is 1. The zero-order valence-corrected chi connectivity index (χ0v) is 17.1. The molecule has 3 N–H and O–H groups in total. The number of nitrogen functional groups attached to an aromatic ring is 1. The second kappa shape index (κ2) is 10.1. The number of aryl methyl sites for hydroxylation is 1. The van der Waals surface area contributed by atoms with E-state index in [2.05, 4.69) is 16.5 Å². The number of carbonyl (C=O) groups excluding carboxylic acids is 1. The molecule has 7 heteroatoms. The van der Waals surface area contributed by atoms with Gasteiger partial charge in [0, 0.05) is 18.8 Å². The molecule has 0 bridgehead atoms. The highest BCUT2D eigenvalue weighted by atomic mass is 16.2. The average Bonchev–Trinajstić information content (AvgIpc) is 3.11. The summed E-state index contributed by atoms with van der Waals surface area (Å²) in [5.41, 5.74) is 9.00. The molecule has 1 amide bonds. The van der Waals surface area contributed by atoms with Gasteiger partial charge in [-0.3, -0.25) is 4.79 Å². The molecule has 0 unspecified atom stereocenters. The molecule has 3 aromatic rings. The molecule has 0 radical (unpaired) electrons. The number of para-hydroxylation sites is 2. The summed E-state index contributed by atoms with van der Waals surface area (Å²) in [6.07, 6.45) is 1.23. The summed E-state index contributed by atoms with van der Waals surface area (Å²) >= 11 is 0. The quantitative estimate of drug-likeness (QED) is 0.536. The number of rotatable bonds is 9. The van der Waals surface area contributed by atoms with Gasteiger partial charge in [0.05, 0.1) is 17.9 Å². The van der Waals surface area contributed by atoms with E-state index >= 15 is 0 Å². The van der Waals surface area contributed by atoms with Gasteiger partial charge in [-0.15, -0.1) is 0 Å². The number of likely N-dealkylation sites (N-methyl/N-ethyl adjacent to an activating group) is 1. The van der Waals surface area contributed by atoms with Crippen LogP contribution in [-0.2, 0) is 11.2 Å². The first-order chi connectivity index (χ1) is 14.6. The van der Waals surface area contributed by atoms with E-state index in [-0.39, 0.29) is 5.91 Å². The molecule has 1 aromatic heterocycles. The fourth-order valence-electron chi connectivity index (χ4n) is 3.28. The molecule has 30 heavy (non-hydrogen) atoms. The molecule has 0 aliphatic rings. The standard InChI is InChI=1S/C23H26N6O/c1-2-28(18-10-5-3-6-11-18)17-22(30)26-15-9-14-21-20(16-24)23(25)29(27-21)19-12-7-4-8-13-19/h3-8,10-13H,2,9,14-15,17,25H2,1H3,(H,26,30). The van der Waals surface area contributed by atoms with E-state index in [1.54, 1.807) is 4.68 Å². The van der Waals surface area contributed by atoms with Gasteiger partial charge in [-0.2, -0.15) is 10.4 Å². The summed E-state index contributed by atoms with van der Waals surface area (Å²) < 4.78 is 1.59. The van der Waals surface area contributed by atoms with Crippen LogP contribution in [0.15, 0.2) is 60.7 Å². The Bertz CT molecular complexity index is 1010. The van der Waals surface area contributed by atoms with Gasteiger partial charge in [-0.05, 0) is 44.0 Å². The van der Waals surface area contributed by atoms with Gasteiger partial charge >= 0.3 is 0 Å². The van der Waals surface area contributed by atoms with Crippen molar-refractivity contribution >= 4 is 17.4 Å². The van der Waals surface area contributed by atoms with E-state index in [1.807, 2.05) is 72.5 Å². The van der Waals surface area contributed by atoms with E-state index in [9.17, 15) is 10.1 Å². The van der Waals surface area contributed by atoms with Crippen molar-refractivity contribution in [1.82, 2.24) is 15.1 Å². The maximum atomic E-state index is 12.3. The second-order valence-electron chi connectivity index (χ2n) is 6.87. The minimum atomic E-state index is -0.0319. The number of aromatic nitrogens is 2. The Morgan fingerprint density at radius 2 is 1.83 bits per heavy atom. The van der Waals surface area contributed by atoms with Crippen LogP contribution >= 0.6 is 0 Å². The summed E-state index contributed by atoms with van der Waals surface area (Å²) in [5.74, 6) is 0.305. The van der Waals surface area contributed by atoms with Crippen LogP contribution in [0.1, 0.15) is 24.6 Å². The Morgan fingerprint density at radius 1 is 1.17 bits per heavy atom. The number of amides is 1. The second-order valence-corrected chi connectivity index (χ2v) is 6.87. The average molecular weight is 403 g/mol. The number of hydrogen-bond acceptors (Lipinski definition) is 5. The summed E-state index contributed by atoms with van der Waals surface area (Å²) in [4.78, 5) is 14.3. The first kappa shape index (κ1) is 20.9. The Balaban J connectivity index is 1.54. The normalized spacial score (nSPS) is 10.4. The highest BCUT2D eigenvalue weighted by Crippen LogP contribution is 2.21. The third-order valence-corrected chi connectivity index (χ3v) is 4.86. The van der Waals surface area contributed by atoms with Gasteiger partial charge in [0.1, 0.15) is 17.5 Å². The lowest BCUT2D eigenvalue weighted by atomic mass is 10.1. The molecule has 0 aliphatic carbocycles. The van der Waals surface area contributed by atoms with Crippen molar-refractivity contribution in [2.75, 3.05) is 30.3 Å². The van der Waals surface area contributed by atoms with E-state index in [4.69, 9.17) is 5.73 Å². The van der Waals surface area contributed by atoms with Crippen molar-refractivity contribution in [3.8, 4) is 11.8 Å². The van der Waals surface area contributed by atoms with Crippen molar-refractivity contribution < 1.29 is 4.79 Å². The van der Waals surface area contributed by atoms with Gasteiger partial charge in [0.25, 0.3) is 0 Å². The fourth-order valence-corrected chi connectivity index (χ4v) is 3.28. The molecule has 0 saturated heterocycles. The smallest absolute Gasteiger partial charge is 0.239 e. The molecule has 154 valence electrons. The minimum Gasteiger partial charge on any atom is -0.382 e. The Hall–Kier alpha value is -3.79. The van der Waals surface area contributed by atoms with Crippen molar-refractivity contribution in [1.29, 1.82) is 5.26 Å². The predicted molar refractivity (Wildman–Crippen MR) is 118 cm³/mol. The summed E-state index contributed by atoms with van der Waals surface area (Å²) in [7, 11) is 0. The number of nitrogens with one attached hydrogen (secondary N) is 1. The molecular formula is C23H26N6O. The summed E-state index contributed by atoms with van der Waals surface area (Å²) in [5, 5.41) is 16.9. The van der Waals surface area contributed by atoms with Crippen LogP contribution in [0.4, 0.5) is 11.5 Å². The molecule has 0 atom stereocenters. The third-order valence-electron chi connectivity index (χ3n) is 4.86. The fraction of sp³-hybridized carbons (Fsp3) is 0.261. The summed E-state index contributed by atoms with van der Waals surface area (Å²) in [6.45, 7) is 3.59. The number of carbonyl (C=O) groups is 1.